The number of morpholine rings is 1. The van der Waals surface area contributed by atoms with Crippen molar-refractivity contribution in [1.82, 2.24) is 9.21 Å². The Bertz CT molecular complexity index is 1310. The summed E-state index contributed by atoms with van der Waals surface area (Å²) in [7, 11) is -2.44. The monoisotopic (exact) mass is 565 g/mol. The summed E-state index contributed by atoms with van der Waals surface area (Å²) in [4.78, 5) is 40.3. The van der Waals surface area contributed by atoms with Crippen molar-refractivity contribution in [3.05, 3.63) is 45.8 Å². The van der Waals surface area contributed by atoms with E-state index in [1.54, 1.807) is 6.92 Å². The second-order valence-corrected chi connectivity index (χ2v) is 12.2. The third-order valence-electron chi connectivity index (χ3n) is 6.34. The number of anilines is 1. The minimum Gasteiger partial charge on any atom is -0.462 e. The summed E-state index contributed by atoms with van der Waals surface area (Å²) in [5, 5.41) is 3.10. The summed E-state index contributed by atoms with van der Waals surface area (Å²) in [5.41, 5.74) is 1.24. The average Bonchev–Trinajstić information content (AvgIpc) is 3.24. The number of rotatable bonds is 6. The molecule has 38 heavy (non-hydrogen) atoms. The van der Waals surface area contributed by atoms with E-state index >= 15 is 0 Å². The van der Waals surface area contributed by atoms with Crippen molar-refractivity contribution in [2.75, 3.05) is 38.7 Å². The van der Waals surface area contributed by atoms with Gasteiger partial charge in [-0.3, -0.25) is 4.79 Å². The summed E-state index contributed by atoms with van der Waals surface area (Å²) in [6.07, 6.45) is -0.494. The van der Waals surface area contributed by atoms with E-state index in [0.717, 1.165) is 10.4 Å². The molecule has 4 rings (SSSR count). The molecule has 0 saturated carbocycles. The highest BCUT2D eigenvalue weighted by Gasteiger charge is 2.33. The van der Waals surface area contributed by atoms with Gasteiger partial charge in [-0.1, -0.05) is 0 Å². The number of methoxy groups -OCH3 is 1. The normalized spacial score (nSPS) is 19.9. The lowest BCUT2D eigenvalue weighted by molar-refractivity contribution is -0.0440. The molecule has 2 unspecified atom stereocenters. The van der Waals surface area contributed by atoms with Gasteiger partial charge in [0.15, 0.2) is 0 Å². The van der Waals surface area contributed by atoms with Crippen LogP contribution in [0.4, 0.5) is 9.80 Å². The lowest BCUT2D eigenvalue weighted by Gasteiger charge is -2.34. The van der Waals surface area contributed by atoms with E-state index < -0.39 is 28.0 Å². The quantitative estimate of drug-likeness (QED) is 0.529. The molecule has 2 aliphatic rings. The van der Waals surface area contributed by atoms with Gasteiger partial charge in [0.25, 0.3) is 5.91 Å². The highest BCUT2D eigenvalue weighted by atomic mass is 32.2. The standard InChI is InChI=1S/C25H31N3O8S2/c1-5-35-24(30)21-19-10-11-27(25(31)34-4)14-20(19)37-23(21)26-22(29)17-6-8-18(9-7-17)38(32,33)28-12-15(2)36-16(3)13-28/h6-9,15-16H,5,10-14H2,1-4H3,(H,26,29). The maximum atomic E-state index is 13.1. The van der Waals surface area contributed by atoms with E-state index in [0.29, 0.717) is 18.0 Å². The van der Waals surface area contributed by atoms with Gasteiger partial charge in [-0.25, -0.2) is 18.0 Å². The van der Waals surface area contributed by atoms with Crippen LogP contribution in [-0.4, -0.2) is 81.2 Å². The molecule has 3 heterocycles. The van der Waals surface area contributed by atoms with Crippen LogP contribution in [0.2, 0.25) is 0 Å². The van der Waals surface area contributed by atoms with Crippen LogP contribution in [0.3, 0.4) is 0 Å². The zero-order valence-corrected chi connectivity index (χ0v) is 23.3. The van der Waals surface area contributed by atoms with Gasteiger partial charge < -0.3 is 24.4 Å². The molecule has 2 atom stereocenters. The van der Waals surface area contributed by atoms with Crippen LogP contribution < -0.4 is 5.32 Å². The second kappa shape index (κ2) is 11.4. The smallest absolute Gasteiger partial charge is 0.409 e. The van der Waals surface area contributed by atoms with Crippen LogP contribution >= 0.6 is 11.3 Å². The fourth-order valence-electron chi connectivity index (χ4n) is 4.63. The Morgan fingerprint density at radius 3 is 2.39 bits per heavy atom. The number of benzene rings is 1. The van der Waals surface area contributed by atoms with E-state index in [1.807, 2.05) is 13.8 Å². The van der Waals surface area contributed by atoms with E-state index in [1.165, 1.54) is 51.9 Å². The first kappa shape index (κ1) is 28.0. The van der Waals surface area contributed by atoms with Gasteiger partial charge >= 0.3 is 12.1 Å². The molecule has 1 saturated heterocycles. The number of amides is 2. The molecule has 2 aromatic rings. The molecule has 0 aliphatic carbocycles. The minimum atomic E-state index is -3.75. The minimum absolute atomic E-state index is 0.0806. The van der Waals surface area contributed by atoms with Crippen molar-refractivity contribution < 1.29 is 37.0 Å². The number of nitrogens with one attached hydrogen (secondary N) is 1. The Morgan fingerprint density at radius 2 is 1.79 bits per heavy atom. The van der Waals surface area contributed by atoms with Crippen LogP contribution in [0.25, 0.3) is 0 Å². The Morgan fingerprint density at radius 1 is 1.13 bits per heavy atom. The first-order valence-corrected chi connectivity index (χ1v) is 14.5. The fraction of sp³-hybridized carbons (Fsp3) is 0.480. The zero-order chi connectivity index (χ0) is 27.6. The molecule has 1 fully saturated rings. The number of thiophene rings is 1. The van der Waals surface area contributed by atoms with E-state index in [4.69, 9.17) is 14.2 Å². The largest absolute Gasteiger partial charge is 0.462 e. The molecular weight excluding hydrogens is 534 g/mol. The van der Waals surface area contributed by atoms with Gasteiger partial charge in [0, 0.05) is 30.1 Å². The van der Waals surface area contributed by atoms with E-state index in [9.17, 15) is 22.8 Å². The molecule has 1 N–H and O–H groups in total. The number of ether oxygens (including phenoxy) is 3. The first-order valence-electron chi connectivity index (χ1n) is 12.3. The highest BCUT2D eigenvalue weighted by molar-refractivity contribution is 7.89. The third-order valence-corrected chi connectivity index (χ3v) is 9.31. The molecule has 1 aromatic heterocycles. The molecule has 13 heteroatoms. The van der Waals surface area contributed by atoms with E-state index in [2.05, 4.69) is 5.32 Å². The third kappa shape index (κ3) is 5.70. The lowest BCUT2D eigenvalue weighted by Crippen LogP contribution is -2.48. The summed E-state index contributed by atoms with van der Waals surface area (Å²) >= 11 is 1.20. The van der Waals surface area contributed by atoms with E-state index in [-0.39, 0.29) is 54.5 Å². The second-order valence-electron chi connectivity index (χ2n) is 9.13. The van der Waals surface area contributed by atoms with Gasteiger partial charge in [0.1, 0.15) is 5.00 Å². The molecule has 0 radical (unpaired) electrons. The van der Waals surface area contributed by atoms with Crippen LogP contribution in [0.1, 0.15) is 51.9 Å². The predicted molar refractivity (Wildman–Crippen MR) is 140 cm³/mol. The predicted octanol–water partition coefficient (Wildman–Crippen LogP) is 3.10. The summed E-state index contributed by atoms with van der Waals surface area (Å²) in [6, 6.07) is 5.67. The van der Waals surface area contributed by atoms with Crippen molar-refractivity contribution in [3.8, 4) is 0 Å². The number of nitrogens with zero attached hydrogens (tertiary/aromatic N) is 2. The average molecular weight is 566 g/mol. The molecule has 0 spiro atoms. The number of hydrogen-bond acceptors (Lipinski definition) is 9. The molecular formula is C25H31N3O8S2. The molecule has 1 aromatic carbocycles. The van der Waals surface area contributed by atoms with Crippen LogP contribution in [0.15, 0.2) is 29.2 Å². The number of sulfonamides is 1. The molecule has 206 valence electrons. The van der Waals surface area contributed by atoms with Crippen molar-refractivity contribution in [2.24, 2.45) is 0 Å². The Balaban J connectivity index is 1.55. The number of carbonyl (C=O) groups excluding carboxylic acids is 3. The maximum Gasteiger partial charge on any atom is 0.409 e. The Kier molecular flexibility index (Phi) is 8.40. The molecule has 11 nitrogen and oxygen atoms in total. The highest BCUT2D eigenvalue weighted by Crippen LogP contribution is 2.38. The summed E-state index contributed by atoms with van der Waals surface area (Å²) in [6.45, 7) is 6.64. The van der Waals surface area contributed by atoms with Crippen LogP contribution in [-0.2, 0) is 37.2 Å². The van der Waals surface area contributed by atoms with Crippen molar-refractivity contribution in [1.29, 1.82) is 0 Å². The maximum absolute atomic E-state index is 13.1. The van der Waals surface area contributed by atoms with Crippen molar-refractivity contribution >= 4 is 44.3 Å². The zero-order valence-electron chi connectivity index (χ0n) is 21.7. The summed E-state index contributed by atoms with van der Waals surface area (Å²) < 4.78 is 43.3. The number of carbonyl (C=O) groups is 3. The molecule has 2 amide bonds. The Labute approximate surface area is 225 Å². The number of esters is 1. The van der Waals surface area contributed by atoms with Crippen LogP contribution in [0.5, 0.6) is 0 Å². The van der Waals surface area contributed by atoms with Crippen molar-refractivity contribution in [2.45, 2.75) is 50.8 Å². The van der Waals surface area contributed by atoms with Gasteiger partial charge in [0.05, 0.1) is 42.9 Å². The molecule has 2 aliphatic heterocycles. The van der Waals surface area contributed by atoms with Gasteiger partial charge in [0.2, 0.25) is 10.0 Å². The van der Waals surface area contributed by atoms with Gasteiger partial charge in [-0.05, 0) is 57.0 Å². The lowest BCUT2D eigenvalue weighted by atomic mass is 10.0. The topological polar surface area (TPSA) is 132 Å². The van der Waals surface area contributed by atoms with Gasteiger partial charge in [-0.15, -0.1) is 11.3 Å². The Hall–Kier alpha value is -3.00. The first-order chi connectivity index (χ1) is 18.0. The SMILES string of the molecule is CCOC(=O)c1c(NC(=O)c2ccc(S(=O)(=O)N3CC(C)OC(C)C3)cc2)sc2c1CCN(C(=O)OC)C2. The summed E-state index contributed by atoms with van der Waals surface area (Å²) in [5.74, 6) is -1.06. The van der Waals surface area contributed by atoms with Crippen LogP contribution in [0, 0.1) is 0 Å². The van der Waals surface area contributed by atoms with Crippen molar-refractivity contribution in [3.63, 3.8) is 0 Å². The number of hydrogen-bond donors (Lipinski definition) is 1. The number of fused-ring (bicyclic) bond motifs is 1. The fourth-order valence-corrected chi connectivity index (χ4v) is 7.46. The molecule has 0 bridgehead atoms. The van der Waals surface area contributed by atoms with Gasteiger partial charge in [-0.2, -0.15) is 4.31 Å².